The summed E-state index contributed by atoms with van der Waals surface area (Å²) in [5.74, 6) is 2.14. The van der Waals surface area contributed by atoms with Crippen LogP contribution >= 0.6 is 0 Å². The second kappa shape index (κ2) is 8.82. The smallest absolute Gasteiger partial charge is 0.165 e. The second-order valence-electron chi connectivity index (χ2n) is 12.8. The maximum atomic E-state index is 7.08. The van der Waals surface area contributed by atoms with Crippen LogP contribution in [0.2, 0.25) is 0 Å². The van der Waals surface area contributed by atoms with Gasteiger partial charge in [0.2, 0.25) is 0 Å². The zero-order chi connectivity index (χ0) is 27.1. The van der Waals surface area contributed by atoms with Gasteiger partial charge in [0.15, 0.2) is 11.5 Å². The van der Waals surface area contributed by atoms with E-state index >= 15 is 0 Å². The van der Waals surface area contributed by atoms with Gasteiger partial charge in [0.05, 0.1) is 20.3 Å². The Morgan fingerprint density at radius 2 is 1.73 bits per heavy atom. The van der Waals surface area contributed by atoms with Crippen LogP contribution in [-0.2, 0) is 27.9 Å². The summed E-state index contributed by atoms with van der Waals surface area (Å²) in [6.45, 7) is 2.39. The topological polar surface area (TPSA) is 40.2 Å². The van der Waals surface area contributed by atoms with Crippen molar-refractivity contribution in [2.45, 2.75) is 61.9 Å². The Morgan fingerprint density at radius 3 is 2.50 bits per heavy atom. The third-order valence-electron chi connectivity index (χ3n) is 11.6. The van der Waals surface area contributed by atoms with Crippen molar-refractivity contribution < 1.29 is 18.9 Å². The standard InChI is InChI=1S/C35H39NO4/c1-36-18-17-34-30-26-13-14-28(37-2)31(30)40-32(34)35(38-3)16-15-33(34,29(36)19-26)20-27(35)22-39-21-23-9-11-25(12-10-23)24-7-5-4-6-8-24/h4-14,27,29,32H,15-22H2,1-3H3/t27-,29-,32-,33?,34?,35-/m1/s1. The number of hydrogen-bond acceptors (Lipinski definition) is 5. The van der Waals surface area contributed by atoms with Crippen LogP contribution in [0.4, 0.5) is 0 Å². The van der Waals surface area contributed by atoms with Gasteiger partial charge >= 0.3 is 0 Å². The van der Waals surface area contributed by atoms with E-state index in [0.717, 1.165) is 43.7 Å². The van der Waals surface area contributed by atoms with Crippen molar-refractivity contribution in [2.24, 2.45) is 11.3 Å². The van der Waals surface area contributed by atoms with Crippen LogP contribution < -0.4 is 9.47 Å². The number of ether oxygens (including phenoxy) is 4. The average Bonchev–Trinajstić information content (AvgIpc) is 3.37. The average molecular weight is 538 g/mol. The van der Waals surface area contributed by atoms with Gasteiger partial charge in [0.25, 0.3) is 0 Å². The largest absolute Gasteiger partial charge is 0.493 e. The lowest BCUT2D eigenvalue weighted by Gasteiger charge is -2.73. The molecule has 2 unspecified atom stereocenters. The summed E-state index contributed by atoms with van der Waals surface area (Å²) in [5.41, 5.74) is 6.36. The highest BCUT2D eigenvalue weighted by molar-refractivity contribution is 5.64. The molecule has 4 fully saturated rings. The molecule has 5 heteroatoms. The van der Waals surface area contributed by atoms with Crippen molar-refractivity contribution in [3.05, 3.63) is 83.4 Å². The first kappa shape index (κ1) is 24.9. The van der Waals surface area contributed by atoms with Gasteiger partial charge in [-0.1, -0.05) is 60.7 Å². The number of benzene rings is 3. The van der Waals surface area contributed by atoms with Crippen molar-refractivity contribution in [1.29, 1.82) is 0 Å². The molecule has 6 aliphatic rings. The van der Waals surface area contributed by atoms with Crippen LogP contribution in [0.25, 0.3) is 11.1 Å². The van der Waals surface area contributed by atoms with Crippen molar-refractivity contribution in [3.63, 3.8) is 0 Å². The molecular formula is C35H39NO4. The maximum Gasteiger partial charge on any atom is 0.165 e. The van der Waals surface area contributed by atoms with E-state index in [-0.39, 0.29) is 28.5 Å². The molecule has 3 aromatic rings. The van der Waals surface area contributed by atoms with Gasteiger partial charge in [0, 0.05) is 35.5 Å². The SMILES string of the molecule is COc1ccc2c3c1O[C@@H]1C34CCN(C)[C@H](C2)C42CC[C@@]1(OC)[C@@H](COCc1ccc(-c3ccccc3)cc1)C2. The van der Waals surface area contributed by atoms with E-state index in [1.165, 1.54) is 34.2 Å². The van der Waals surface area contributed by atoms with Crippen LogP contribution in [0, 0.1) is 11.3 Å². The van der Waals surface area contributed by atoms with Gasteiger partial charge in [-0.2, -0.15) is 0 Å². The number of hydrogen-bond donors (Lipinski definition) is 0. The van der Waals surface area contributed by atoms with E-state index in [9.17, 15) is 0 Å². The summed E-state index contributed by atoms with van der Waals surface area (Å²) < 4.78 is 26.1. The third-order valence-corrected chi connectivity index (χ3v) is 11.6. The fourth-order valence-electron chi connectivity index (χ4n) is 9.92. The Hall–Kier alpha value is -2.86. The highest BCUT2D eigenvalue weighted by Gasteiger charge is 2.80. The monoisotopic (exact) mass is 537 g/mol. The summed E-state index contributed by atoms with van der Waals surface area (Å²) in [6, 6.07) is 24.2. The Bertz CT molecular complexity index is 1440. The van der Waals surface area contributed by atoms with Crippen LogP contribution in [0.15, 0.2) is 66.7 Å². The molecule has 0 N–H and O–H groups in total. The summed E-state index contributed by atoms with van der Waals surface area (Å²) in [6.07, 6.45) is 5.52. The first-order valence-corrected chi connectivity index (χ1v) is 14.9. The second-order valence-corrected chi connectivity index (χ2v) is 12.8. The molecule has 0 aromatic heterocycles. The molecule has 4 bridgehead atoms. The molecule has 2 aliphatic heterocycles. The van der Waals surface area contributed by atoms with E-state index in [2.05, 4.69) is 78.7 Å². The normalized spacial score (nSPS) is 34.8. The molecule has 6 atom stereocenters. The lowest BCUT2D eigenvalue weighted by atomic mass is 9.35. The van der Waals surface area contributed by atoms with E-state index in [0.29, 0.717) is 19.3 Å². The summed E-state index contributed by atoms with van der Waals surface area (Å²) in [5, 5.41) is 0. The molecule has 9 rings (SSSR count). The van der Waals surface area contributed by atoms with Gasteiger partial charge in [0.1, 0.15) is 11.7 Å². The molecule has 1 saturated heterocycles. The van der Waals surface area contributed by atoms with Gasteiger partial charge in [-0.05, 0) is 74.0 Å². The minimum absolute atomic E-state index is 0.00666. The molecule has 3 saturated carbocycles. The predicted molar refractivity (Wildman–Crippen MR) is 155 cm³/mol. The first-order chi connectivity index (χ1) is 19.6. The lowest BCUT2D eigenvalue weighted by Crippen LogP contribution is -2.81. The van der Waals surface area contributed by atoms with Gasteiger partial charge in [-0.25, -0.2) is 0 Å². The van der Waals surface area contributed by atoms with Crippen molar-refractivity contribution in [2.75, 3.05) is 34.4 Å². The highest BCUT2D eigenvalue weighted by Crippen LogP contribution is 2.76. The molecule has 0 amide bonds. The third kappa shape index (κ3) is 3.04. The lowest BCUT2D eigenvalue weighted by molar-refractivity contribution is -0.282. The van der Waals surface area contributed by atoms with Crippen molar-refractivity contribution >= 4 is 0 Å². The molecule has 208 valence electrons. The fraction of sp³-hybridized carbons (Fsp3) is 0.486. The van der Waals surface area contributed by atoms with Crippen molar-refractivity contribution in [1.82, 2.24) is 4.90 Å². The zero-order valence-electron chi connectivity index (χ0n) is 23.8. The first-order valence-electron chi connectivity index (χ1n) is 14.9. The number of likely N-dealkylation sites (tertiary alicyclic amines) is 1. The van der Waals surface area contributed by atoms with E-state index in [4.69, 9.17) is 18.9 Å². The van der Waals surface area contributed by atoms with E-state index in [1.807, 2.05) is 7.11 Å². The van der Waals surface area contributed by atoms with Gasteiger partial charge in [-0.15, -0.1) is 0 Å². The Labute approximate surface area is 237 Å². The van der Waals surface area contributed by atoms with Crippen LogP contribution in [0.5, 0.6) is 11.5 Å². The Balaban J connectivity index is 1.10. The van der Waals surface area contributed by atoms with Crippen LogP contribution in [-0.4, -0.2) is 57.1 Å². The van der Waals surface area contributed by atoms with Gasteiger partial charge < -0.3 is 23.8 Å². The van der Waals surface area contributed by atoms with Crippen molar-refractivity contribution in [3.8, 4) is 22.6 Å². The maximum absolute atomic E-state index is 7.08. The quantitative estimate of drug-likeness (QED) is 0.369. The van der Waals surface area contributed by atoms with Gasteiger partial charge in [-0.3, -0.25) is 0 Å². The zero-order valence-corrected chi connectivity index (χ0v) is 23.8. The number of nitrogens with zero attached hydrogens (tertiary/aromatic N) is 1. The number of fused-ring (bicyclic) bond motifs is 2. The number of rotatable bonds is 7. The molecule has 2 spiro atoms. The molecule has 40 heavy (non-hydrogen) atoms. The molecule has 4 aliphatic carbocycles. The molecule has 2 heterocycles. The predicted octanol–water partition coefficient (Wildman–Crippen LogP) is 6.02. The Kier molecular flexibility index (Phi) is 5.49. The minimum atomic E-state index is -0.363. The highest BCUT2D eigenvalue weighted by atomic mass is 16.6. The molecular weight excluding hydrogens is 498 g/mol. The molecule has 0 radical (unpaired) electrons. The number of piperidine rings is 1. The van der Waals surface area contributed by atoms with Crippen LogP contribution in [0.1, 0.15) is 42.4 Å². The minimum Gasteiger partial charge on any atom is -0.493 e. The number of likely N-dealkylation sites (N-methyl/N-ethyl adjacent to an activating group) is 1. The Morgan fingerprint density at radius 1 is 0.925 bits per heavy atom. The number of methoxy groups -OCH3 is 2. The molecule has 3 aromatic carbocycles. The fourth-order valence-corrected chi connectivity index (χ4v) is 9.92. The summed E-state index contributed by atoms with van der Waals surface area (Å²) >= 11 is 0. The molecule has 5 nitrogen and oxygen atoms in total. The van der Waals surface area contributed by atoms with Crippen LogP contribution in [0.3, 0.4) is 0 Å². The summed E-state index contributed by atoms with van der Waals surface area (Å²) in [4.78, 5) is 2.64. The van der Waals surface area contributed by atoms with E-state index in [1.54, 1.807) is 7.11 Å². The summed E-state index contributed by atoms with van der Waals surface area (Å²) in [7, 11) is 6.01. The van der Waals surface area contributed by atoms with E-state index < -0.39 is 0 Å².